The van der Waals surface area contributed by atoms with E-state index in [1.165, 1.54) is 18.5 Å². The quantitative estimate of drug-likeness (QED) is 0.618. The van der Waals surface area contributed by atoms with Crippen LogP contribution in [0.4, 0.5) is 0 Å². The maximum absolute atomic E-state index is 5.55. The second-order valence-corrected chi connectivity index (χ2v) is 5.05. The fourth-order valence-corrected chi connectivity index (χ4v) is 2.38. The Morgan fingerprint density at radius 3 is 3.06 bits per heavy atom. The van der Waals surface area contributed by atoms with Gasteiger partial charge in [0.15, 0.2) is 0 Å². The van der Waals surface area contributed by atoms with Crippen LogP contribution >= 0.6 is 0 Å². The minimum absolute atomic E-state index is 0.648. The lowest BCUT2D eigenvalue weighted by molar-refractivity contribution is 0.146. The summed E-state index contributed by atoms with van der Waals surface area (Å²) >= 11 is 0. The highest BCUT2D eigenvalue weighted by Gasteiger charge is 2.18. The Hall–Kier alpha value is -1.13. The first-order valence-electron chi connectivity index (χ1n) is 6.70. The number of nitrogens with zero attached hydrogens (tertiary/aromatic N) is 2. The lowest BCUT2D eigenvalue weighted by Crippen LogP contribution is -2.27. The predicted octanol–water partition coefficient (Wildman–Crippen LogP) is 1.94. The second-order valence-electron chi connectivity index (χ2n) is 5.05. The fraction of sp³-hybridized carbons (Fsp3) is 0.643. The zero-order valence-corrected chi connectivity index (χ0v) is 11.2. The molecule has 18 heavy (non-hydrogen) atoms. The van der Waals surface area contributed by atoms with Crippen LogP contribution in [0.25, 0.3) is 0 Å². The third-order valence-corrected chi connectivity index (χ3v) is 3.33. The molecule has 1 aromatic rings. The zero-order chi connectivity index (χ0) is 12.8. The average Bonchev–Trinajstić information content (AvgIpc) is 2.84. The number of piperidine rings is 1. The molecule has 0 radical (unpaired) electrons. The second kappa shape index (κ2) is 6.71. The smallest absolute Gasteiger partial charge is 0.0949 e. The van der Waals surface area contributed by atoms with Gasteiger partial charge in [-0.25, -0.2) is 4.98 Å². The minimum atomic E-state index is 0.648. The highest BCUT2D eigenvalue weighted by atomic mass is 16.5. The molecule has 1 N–H and O–H groups in total. The van der Waals surface area contributed by atoms with Crippen molar-refractivity contribution in [2.24, 2.45) is 0 Å². The molecule has 0 amide bonds. The van der Waals surface area contributed by atoms with Gasteiger partial charge in [-0.3, -0.25) is 0 Å². The molecule has 1 aliphatic heterocycles. The maximum Gasteiger partial charge on any atom is 0.0949 e. The van der Waals surface area contributed by atoms with Crippen LogP contribution in [0.3, 0.4) is 0 Å². The van der Waals surface area contributed by atoms with Gasteiger partial charge in [0.2, 0.25) is 0 Å². The number of imidazole rings is 1. The van der Waals surface area contributed by atoms with Crippen LogP contribution in [0.1, 0.15) is 31.4 Å². The number of ether oxygens (including phenoxy) is 1. The van der Waals surface area contributed by atoms with Crippen molar-refractivity contribution in [2.75, 3.05) is 26.3 Å². The van der Waals surface area contributed by atoms with E-state index in [1.807, 2.05) is 19.4 Å². The first-order chi connectivity index (χ1) is 8.77. The van der Waals surface area contributed by atoms with E-state index < -0.39 is 0 Å². The van der Waals surface area contributed by atoms with Crippen LogP contribution in [0.5, 0.6) is 0 Å². The van der Waals surface area contributed by atoms with Crippen molar-refractivity contribution < 1.29 is 4.74 Å². The SMILES string of the molecule is C=C(C)COCCn1cncc1C1CCNCC1. The van der Waals surface area contributed by atoms with Crippen molar-refractivity contribution in [2.45, 2.75) is 32.2 Å². The normalized spacial score (nSPS) is 16.9. The van der Waals surface area contributed by atoms with E-state index in [0.29, 0.717) is 12.5 Å². The lowest BCUT2D eigenvalue weighted by Gasteiger charge is -2.23. The third kappa shape index (κ3) is 3.68. The Bertz CT molecular complexity index is 380. The number of rotatable bonds is 6. The summed E-state index contributed by atoms with van der Waals surface area (Å²) in [6.07, 6.45) is 6.34. The molecule has 1 fully saturated rings. The van der Waals surface area contributed by atoms with Crippen LogP contribution in [0.15, 0.2) is 24.7 Å². The Kier molecular flexibility index (Phi) is 4.96. The van der Waals surface area contributed by atoms with E-state index in [0.717, 1.165) is 31.8 Å². The van der Waals surface area contributed by atoms with Gasteiger partial charge in [-0.1, -0.05) is 12.2 Å². The maximum atomic E-state index is 5.55. The molecule has 0 aromatic carbocycles. The number of hydrogen-bond donors (Lipinski definition) is 1. The molecular formula is C14H23N3O. The summed E-state index contributed by atoms with van der Waals surface area (Å²) in [4.78, 5) is 4.28. The van der Waals surface area contributed by atoms with Crippen molar-refractivity contribution in [3.8, 4) is 0 Å². The van der Waals surface area contributed by atoms with Gasteiger partial charge in [0.1, 0.15) is 0 Å². The first-order valence-corrected chi connectivity index (χ1v) is 6.70. The molecule has 1 aromatic heterocycles. The van der Waals surface area contributed by atoms with E-state index in [4.69, 9.17) is 4.74 Å². The molecule has 100 valence electrons. The van der Waals surface area contributed by atoms with Crippen molar-refractivity contribution in [3.63, 3.8) is 0 Å². The van der Waals surface area contributed by atoms with Gasteiger partial charge in [-0.05, 0) is 32.9 Å². The largest absolute Gasteiger partial charge is 0.375 e. The van der Waals surface area contributed by atoms with E-state index in [2.05, 4.69) is 21.4 Å². The predicted molar refractivity (Wildman–Crippen MR) is 72.7 cm³/mol. The van der Waals surface area contributed by atoms with Gasteiger partial charge < -0.3 is 14.6 Å². The van der Waals surface area contributed by atoms with Crippen molar-refractivity contribution >= 4 is 0 Å². The topological polar surface area (TPSA) is 39.1 Å². The number of nitrogens with one attached hydrogen (secondary N) is 1. The monoisotopic (exact) mass is 249 g/mol. The summed E-state index contributed by atoms with van der Waals surface area (Å²) in [7, 11) is 0. The molecule has 2 heterocycles. The molecular weight excluding hydrogens is 226 g/mol. The summed E-state index contributed by atoms with van der Waals surface area (Å²) in [5, 5.41) is 3.40. The zero-order valence-electron chi connectivity index (χ0n) is 11.2. The molecule has 4 nitrogen and oxygen atoms in total. The Balaban J connectivity index is 1.85. The van der Waals surface area contributed by atoms with Crippen molar-refractivity contribution in [3.05, 3.63) is 30.4 Å². The van der Waals surface area contributed by atoms with Crippen molar-refractivity contribution in [1.82, 2.24) is 14.9 Å². The van der Waals surface area contributed by atoms with Gasteiger partial charge in [-0.2, -0.15) is 0 Å². The van der Waals surface area contributed by atoms with Gasteiger partial charge in [0.05, 0.1) is 19.5 Å². The molecule has 0 atom stereocenters. The van der Waals surface area contributed by atoms with Crippen LogP contribution in [-0.4, -0.2) is 35.9 Å². The van der Waals surface area contributed by atoms with E-state index >= 15 is 0 Å². The molecule has 1 saturated heterocycles. The van der Waals surface area contributed by atoms with E-state index in [-0.39, 0.29) is 0 Å². The van der Waals surface area contributed by atoms with Gasteiger partial charge in [-0.15, -0.1) is 0 Å². The molecule has 4 heteroatoms. The van der Waals surface area contributed by atoms with E-state index in [9.17, 15) is 0 Å². The molecule has 2 rings (SSSR count). The summed E-state index contributed by atoms with van der Waals surface area (Å²) in [6.45, 7) is 10.3. The summed E-state index contributed by atoms with van der Waals surface area (Å²) in [6, 6.07) is 0. The van der Waals surface area contributed by atoms with Crippen LogP contribution in [-0.2, 0) is 11.3 Å². The molecule has 0 saturated carbocycles. The van der Waals surface area contributed by atoms with E-state index in [1.54, 1.807) is 0 Å². The molecule has 0 spiro atoms. The average molecular weight is 249 g/mol. The standard InChI is InChI=1S/C14H23N3O/c1-12(2)10-18-8-7-17-11-16-9-14(17)13-3-5-15-6-4-13/h9,11,13,15H,1,3-8,10H2,2H3. The Morgan fingerprint density at radius 1 is 1.56 bits per heavy atom. The summed E-state index contributed by atoms with van der Waals surface area (Å²) in [5.41, 5.74) is 2.43. The van der Waals surface area contributed by atoms with Gasteiger partial charge in [0, 0.05) is 24.4 Å². The van der Waals surface area contributed by atoms with Crippen molar-refractivity contribution in [1.29, 1.82) is 0 Å². The highest BCUT2D eigenvalue weighted by Crippen LogP contribution is 2.24. The van der Waals surface area contributed by atoms with Crippen LogP contribution in [0, 0.1) is 0 Å². The molecule has 0 unspecified atom stereocenters. The first kappa shape index (κ1) is 13.3. The molecule has 1 aliphatic rings. The number of hydrogen-bond acceptors (Lipinski definition) is 3. The van der Waals surface area contributed by atoms with Crippen LogP contribution in [0.2, 0.25) is 0 Å². The number of aromatic nitrogens is 2. The highest BCUT2D eigenvalue weighted by molar-refractivity contribution is 5.07. The molecule has 0 aliphatic carbocycles. The lowest BCUT2D eigenvalue weighted by atomic mass is 9.95. The Labute approximate surface area is 109 Å². The van der Waals surface area contributed by atoms with Crippen LogP contribution < -0.4 is 5.32 Å². The van der Waals surface area contributed by atoms with Gasteiger partial charge in [0.25, 0.3) is 0 Å². The summed E-state index contributed by atoms with van der Waals surface area (Å²) < 4.78 is 7.78. The van der Waals surface area contributed by atoms with Gasteiger partial charge >= 0.3 is 0 Å². The minimum Gasteiger partial charge on any atom is -0.375 e. The fourth-order valence-electron chi connectivity index (χ4n) is 2.38. The molecule has 0 bridgehead atoms. The third-order valence-electron chi connectivity index (χ3n) is 3.33. The summed E-state index contributed by atoms with van der Waals surface area (Å²) in [5.74, 6) is 0.648. The Morgan fingerprint density at radius 2 is 2.33 bits per heavy atom.